The van der Waals surface area contributed by atoms with E-state index in [0.717, 1.165) is 18.6 Å². The predicted molar refractivity (Wildman–Crippen MR) is 103 cm³/mol. The lowest BCUT2D eigenvalue weighted by Crippen LogP contribution is -2.13. The van der Waals surface area contributed by atoms with Gasteiger partial charge in [0, 0.05) is 27.2 Å². The average molecular weight is 368 g/mol. The number of rotatable bonds is 5. The first kappa shape index (κ1) is 17.0. The number of aromatic carboxylic acids is 1. The largest absolute Gasteiger partial charge is 0.478 e. The molecule has 2 atom stereocenters. The molecule has 3 aromatic rings. The molecule has 0 aliphatic heterocycles. The Morgan fingerprint density at radius 2 is 2.08 bits per heavy atom. The van der Waals surface area contributed by atoms with Crippen molar-refractivity contribution in [3.8, 4) is 0 Å². The molecule has 0 spiro atoms. The summed E-state index contributed by atoms with van der Waals surface area (Å²) in [5, 5.41) is 9.55. The van der Waals surface area contributed by atoms with E-state index in [9.17, 15) is 14.7 Å². The standard InChI is InChI=1S/C21H20O4S/c1-3-4-13-19(22)16-9-12(21(23)24)6-7-17(16)25-20(13)15-10-14(15)18-8-5-11(2)26-18/h5-9,14-15H,3-4,10H2,1-2H3,(H,23,24). The quantitative estimate of drug-likeness (QED) is 0.681. The van der Waals surface area contributed by atoms with Crippen LogP contribution in [0.15, 0.2) is 39.5 Å². The first-order chi connectivity index (χ1) is 12.5. The molecule has 134 valence electrons. The zero-order chi connectivity index (χ0) is 18.4. The summed E-state index contributed by atoms with van der Waals surface area (Å²) in [6, 6.07) is 8.82. The number of thiophene rings is 1. The van der Waals surface area contributed by atoms with E-state index in [1.807, 2.05) is 6.92 Å². The van der Waals surface area contributed by atoms with Gasteiger partial charge in [-0.25, -0.2) is 4.79 Å². The van der Waals surface area contributed by atoms with E-state index >= 15 is 0 Å². The van der Waals surface area contributed by atoms with Crippen molar-refractivity contribution in [1.82, 2.24) is 0 Å². The van der Waals surface area contributed by atoms with Crippen LogP contribution in [0.3, 0.4) is 0 Å². The molecule has 2 heterocycles. The molecule has 1 aliphatic rings. The monoisotopic (exact) mass is 368 g/mol. The summed E-state index contributed by atoms with van der Waals surface area (Å²) < 4.78 is 6.16. The first-order valence-corrected chi connectivity index (χ1v) is 9.70. The Hall–Kier alpha value is -2.40. The van der Waals surface area contributed by atoms with Crippen LogP contribution in [0.4, 0.5) is 0 Å². The lowest BCUT2D eigenvalue weighted by atomic mass is 10.0. The highest BCUT2D eigenvalue weighted by Crippen LogP contribution is 2.57. The molecule has 2 unspecified atom stereocenters. The van der Waals surface area contributed by atoms with E-state index in [-0.39, 0.29) is 16.9 Å². The maximum Gasteiger partial charge on any atom is 0.335 e. The molecule has 1 N–H and O–H groups in total. The molecule has 0 radical (unpaired) electrons. The third-order valence-corrected chi connectivity index (χ3v) is 6.15. The minimum absolute atomic E-state index is 0.0841. The Bertz CT molecular complexity index is 1060. The van der Waals surface area contributed by atoms with E-state index in [4.69, 9.17) is 4.42 Å². The number of hydrogen-bond donors (Lipinski definition) is 1. The van der Waals surface area contributed by atoms with Crippen LogP contribution < -0.4 is 5.43 Å². The van der Waals surface area contributed by atoms with E-state index < -0.39 is 5.97 Å². The number of hydrogen-bond acceptors (Lipinski definition) is 4. The lowest BCUT2D eigenvalue weighted by Gasteiger charge is -2.10. The van der Waals surface area contributed by atoms with Gasteiger partial charge >= 0.3 is 5.97 Å². The van der Waals surface area contributed by atoms with Crippen LogP contribution in [-0.2, 0) is 6.42 Å². The topological polar surface area (TPSA) is 67.5 Å². The second-order valence-electron chi connectivity index (χ2n) is 6.94. The van der Waals surface area contributed by atoms with Gasteiger partial charge in [-0.3, -0.25) is 4.79 Å². The van der Waals surface area contributed by atoms with Crippen LogP contribution in [0.25, 0.3) is 11.0 Å². The molecule has 1 fully saturated rings. The number of aryl methyl sites for hydroxylation is 1. The summed E-state index contributed by atoms with van der Waals surface area (Å²) in [6.45, 7) is 4.14. The molecule has 2 aromatic heterocycles. The lowest BCUT2D eigenvalue weighted by molar-refractivity contribution is 0.0697. The average Bonchev–Trinajstić information content (AvgIpc) is 3.30. The Balaban J connectivity index is 1.82. The van der Waals surface area contributed by atoms with Crippen LogP contribution in [0.2, 0.25) is 0 Å². The fourth-order valence-corrected chi connectivity index (χ4v) is 4.68. The number of fused-ring (bicyclic) bond motifs is 1. The molecule has 1 aromatic carbocycles. The second kappa shape index (κ2) is 6.40. The minimum Gasteiger partial charge on any atom is -0.478 e. The molecular formula is C21H20O4S. The molecule has 26 heavy (non-hydrogen) atoms. The van der Waals surface area contributed by atoms with E-state index in [1.165, 1.54) is 21.9 Å². The third-order valence-electron chi connectivity index (χ3n) is 5.02. The molecule has 0 saturated heterocycles. The van der Waals surface area contributed by atoms with Crippen LogP contribution in [0.5, 0.6) is 0 Å². The van der Waals surface area contributed by atoms with Crippen molar-refractivity contribution in [1.29, 1.82) is 0 Å². The third kappa shape index (κ3) is 2.86. The normalized spacial score (nSPS) is 19.0. The van der Waals surface area contributed by atoms with Crippen molar-refractivity contribution >= 4 is 28.3 Å². The number of benzene rings is 1. The van der Waals surface area contributed by atoms with Crippen molar-refractivity contribution < 1.29 is 14.3 Å². The zero-order valence-corrected chi connectivity index (χ0v) is 15.6. The van der Waals surface area contributed by atoms with Gasteiger partial charge in [-0.15, -0.1) is 11.3 Å². The van der Waals surface area contributed by atoms with E-state index in [2.05, 4.69) is 19.1 Å². The molecule has 4 nitrogen and oxygen atoms in total. The van der Waals surface area contributed by atoms with Crippen LogP contribution in [0.1, 0.15) is 63.0 Å². The summed E-state index contributed by atoms with van der Waals surface area (Å²) >= 11 is 1.80. The van der Waals surface area contributed by atoms with Gasteiger partial charge in [0.2, 0.25) is 0 Å². The summed E-state index contributed by atoms with van der Waals surface area (Å²) in [4.78, 5) is 26.9. The molecular weight excluding hydrogens is 348 g/mol. The van der Waals surface area contributed by atoms with Crippen molar-refractivity contribution in [3.63, 3.8) is 0 Å². The summed E-state index contributed by atoms with van der Waals surface area (Å²) in [6.07, 6.45) is 2.49. The Morgan fingerprint density at radius 3 is 2.73 bits per heavy atom. The van der Waals surface area contributed by atoms with Crippen molar-refractivity contribution in [2.75, 3.05) is 0 Å². The van der Waals surface area contributed by atoms with Crippen LogP contribution >= 0.6 is 11.3 Å². The highest BCUT2D eigenvalue weighted by Gasteiger charge is 2.44. The Kier molecular flexibility index (Phi) is 4.19. The number of carboxylic acids is 1. The summed E-state index contributed by atoms with van der Waals surface area (Å²) in [5.41, 5.74) is 1.21. The van der Waals surface area contributed by atoms with Gasteiger partial charge in [-0.05, 0) is 50.1 Å². The molecule has 0 bridgehead atoms. The van der Waals surface area contributed by atoms with Crippen molar-refractivity contribution in [2.24, 2.45) is 0 Å². The second-order valence-corrected chi connectivity index (χ2v) is 8.26. The van der Waals surface area contributed by atoms with E-state index in [0.29, 0.717) is 28.9 Å². The molecule has 1 saturated carbocycles. The zero-order valence-electron chi connectivity index (χ0n) is 14.7. The molecule has 5 heteroatoms. The van der Waals surface area contributed by atoms with Gasteiger partial charge in [0.25, 0.3) is 0 Å². The molecule has 4 rings (SSSR count). The highest BCUT2D eigenvalue weighted by molar-refractivity contribution is 7.12. The highest BCUT2D eigenvalue weighted by atomic mass is 32.1. The van der Waals surface area contributed by atoms with Gasteiger partial charge in [0.1, 0.15) is 11.3 Å². The van der Waals surface area contributed by atoms with Gasteiger partial charge in [0.05, 0.1) is 10.9 Å². The first-order valence-electron chi connectivity index (χ1n) is 8.88. The van der Waals surface area contributed by atoms with E-state index in [1.54, 1.807) is 17.4 Å². The maximum atomic E-state index is 13.0. The molecule has 1 aliphatic carbocycles. The Labute approximate surface area is 155 Å². The number of carbonyl (C=O) groups is 1. The smallest absolute Gasteiger partial charge is 0.335 e. The van der Waals surface area contributed by atoms with Gasteiger partial charge in [-0.1, -0.05) is 13.3 Å². The van der Waals surface area contributed by atoms with Crippen LogP contribution in [-0.4, -0.2) is 11.1 Å². The Morgan fingerprint density at radius 1 is 1.27 bits per heavy atom. The summed E-state index contributed by atoms with van der Waals surface area (Å²) in [5.74, 6) is 0.417. The van der Waals surface area contributed by atoms with Gasteiger partial charge in [-0.2, -0.15) is 0 Å². The van der Waals surface area contributed by atoms with Crippen LogP contribution in [0, 0.1) is 6.92 Å². The minimum atomic E-state index is -1.04. The summed E-state index contributed by atoms with van der Waals surface area (Å²) in [7, 11) is 0. The number of carboxylic acid groups (broad SMARTS) is 1. The maximum absolute atomic E-state index is 13.0. The molecule has 0 amide bonds. The van der Waals surface area contributed by atoms with Gasteiger partial charge < -0.3 is 9.52 Å². The predicted octanol–water partition coefficient (Wildman–Crippen LogP) is 5.08. The fourth-order valence-electron chi connectivity index (χ4n) is 3.62. The van der Waals surface area contributed by atoms with Crippen molar-refractivity contribution in [2.45, 2.75) is 44.9 Å². The van der Waals surface area contributed by atoms with Gasteiger partial charge in [0.15, 0.2) is 5.43 Å². The van der Waals surface area contributed by atoms with Crippen molar-refractivity contribution in [3.05, 3.63) is 67.2 Å². The SMILES string of the molecule is CCCc1c(C2CC2c2ccc(C)s2)oc2ccc(C(=O)O)cc2c1=O. The fraction of sp³-hybridized carbons (Fsp3) is 0.333.